The molecule has 0 spiro atoms. The summed E-state index contributed by atoms with van der Waals surface area (Å²) in [6.45, 7) is 1.78. The standard InChI is InChI=1S/C38H38N6O3/c1-47-36(45)32-16-8-7-15-31(32)30-14-6-5-13-27(30)25-43-38(46)44(29-21-19-28(20-22-29)41-37-39-23-24-40-37)34-18-10-9-17-33(34)35(42-43)26-11-3-2-4-12-26/h5-10,13-22,26H,2-4,11-12,23-25H2,1H3,(H2,39,40,41). The number of benzene rings is 4. The molecule has 0 unspecified atom stereocenters. The van der Waals surface area contributed by atoms with Crippen LogP contribution in [0.1, 0.15) is 53.6 Å². The van der Waals surface area contributed by atoms with Gasteiger partial charge in [0.25, 0.3) is 0 Å². The number of hydrogen-bond acceptors (Lipinski definition) is 7. The Morgan fingerprint density at radius 3 is 2.32 bits per heavy atom. The third kappa shape index (κ3) is 6.21. The monoisotopic (exact) mass is 626 g/mol. The van der Waals surface area contributed by atoms with E-state index >= 15 is 0 Å². The number of amides is 2. The van der Waals surface area contributed by atoms with Crippen molar-refractivity contribution in [1.82, 2.24) is 10.3 Å². The van der Waals surface area contributed by atoms with Crippen molar-refractivity contribution in [2.45, 2.75) is 38.6 Å². The second-order valence-electron chi connectivity index (χ2n) is 12.0. The van der Waals surface area contributed by atoms with Gasteiger partial charge in [0, 0.05) is 23.7 Å². The van der Waals surface area contributed by atoms with Gasteiger partial charge < -0.3 is 15.4 Å². The van der Waals surface area contributed by atoms with Gasteiger partial charge in [-0.3, -0.25) is 9.89 Å². The minimum absolute atomic E-state index is 0.219. The van der Waals surface area contributed by atoms with Crippen LogP contribution in [0.5, 0.6) is 0 Å². The Bertz CT molecular complexity index is 1840. The van der Waals surface area contributed by atoms with E-state index in [-0.39, 0.29) is 18.5 Å². The molecule has 0 bridgehead atoms. The van der Waals surface area contributed by atoms with Crippen LogP contribution in [-0.2, 0) is 11.3 Å². The summed E-state index contributed by atoms with van der Waals surface area (Å²) in [7, 11) is 1.39. The number of fused-ring (bicyclic) bond motifs is 1. The molecule has 2 N–H and O–H groups in total. The highest BCUT2D eigenvalue weighted by Crippen LogP contribution is 2.39. The molecule has 0 aromatic heterocycles. The van der Waals surface area contributed by atoms with Crippen molar-refractivity contribution in [3.8, 4) is 11.1 Å². The van der Waals surface area contributed by atoms with Gasteiger partial charge in [0.15, 0.2) is 5.96 Å². The summed E-state index contributed by atoms with van der Waals surface area (Å²) in [6.07, 6.45) is 5.58. The van der Waals surface area contributed by atoms with E-state index in [1.54, 1.807) is 16.0 Å². The average Bonchev–Trinajstić information content (AvgIpc) is 3.60. The molecule has 0 saturated heterocycles. The number of urea groups is 1. The number of ether oxygens (including phenoxy) is 1. The first-order valence-electron chi connectivity index (χ1n) is 16.3. The van der Waals surface area contributed by atoms with Crippen LogP contribution in [0.25, 0.3) is 11.1 Å². The van der Waals surface area contributed by atoms with Crippen molar-refractivity contribution in [3.63, 3.8) is 0 Å². The van der Waals surface area contributed by atoms with Gasteiger partial charge in [-0.05, 0) is 65.9 Å². The van der Waals surface area contributed by atoms with Gasteiger partial charge in [0.2, 0.25) is 0 Å². The first kappa shape index (κ1) is 30.2. The van der Waals surface area contributed by atoms with E-state index in [1.165, 1.54) is 13.5 Å². The highest BCUT2D eigenvalue weighted by molar-refractivity contribution is 6.14. The molecule has 3 aliphatic rings. The Balaban J connectivity index is 1.31. The Labute approximate surface area is 275 Å². The fraction of sp³-hybridized carbons (Fsp3) is 0.263. The number of carbonyl (C=O) groups is 2. The van der Waals surface area contributed by atoms with Gasteiger partial charge in [0.1, 0.15) is 0 Å². The quantitative estimate of drug-likeness (QED) is 0.206. The predicted octanol–water partition coefficient (Wildman–Crippen LogP) is 7.57. The zero-order chi connectivity index (χ0) is 32.2. The fourth-order valence-corrected chi connectivity index (χ4v) is 6.76. The number of nitrogens with zero attached hydrogens (tertiary/aromatic N) is 4. The van der Waals surface area contributed by atoms with Crippen LogP contribution in [0.3, 0.4) is 0 Å². The molecule has 9 heteroatoms. The smallest absolute Gasteiger partial charge is 0.349 e. The minimum atomic E-state index is -0.408. The number of nitrogens with one attached hydrogen (secondary N) is 2. The first-order chi connectivity index (χ1) is 23.1. The van der Waals surface area contributed by atoms with Crippen LogP contribution in [0.15, 0.2) is 107 Å². The topological polar surface area (TPSA) is 98.6 Å². The molecule has 0 atom stereocenters. The number of methoxy groups -OCH3 is 1. The van der Waals surface area contributed by atoms with E-state index in [0.29, 0.717) is 5.56 Å². The van der Waals surface area contributed by atoms with Gasteiger partial charge in [-0.15, -0.1) is 0 Å². The number of anilines is 3. The highest BCUT2D eigenvalue weighted by atomic mass is 16.5. The molecule has 2 heterocycles. The SMILES string of the molecule is COC(=O)c1ccccc1-c1ccccc1CN1N=C(C2CCCCC2)c2ccccc2N(c2ccc(NC3=NCCN3)cc2)C1=O. The summed E-state index contributed by atoms with van der Waals surface area (Å²) >= 11 is 0. The molecule has 0 radical (unpaired) electrons. The van der Waals surface area contributed by atoms with Crippen molar-refractivity contribution < 1.29 is 14.3 Å². The van der Waals surface area contributed by atoms with Crippen LogP contribution < -0.4 is 15.5 Å². The van der Waals surface area contributed by atoms with Crippen LogP contribution in [0.2, 0.25) is 0 Å². The minimum Gasteiger partial charge on any atom is -0.465 e. The maximum Gasteiger partial charge on any atom is 0.349 e. The number of hydrogen-bond donors (Lipinski definition) is 2. The Morgan fingerprint density at radius 2 is 1.57 bits per heavy atom. The van der Waals surface area contributed by atoms with Crippen LogP contribution in [0, 0.1) is 5.92 Å². The lowest BCUT2D eigenvalue weighted by molar-refractivity contribution is 0.0601. The zero-order valence-electron chi connectivity index (χ0n) is 26.5. The van der Waals surface area contributed by atoms with E-state index in [4.69, 9.17) is 9.84 Å². The van der Waals surface area contributed by atoms with Crippen molar-refractivity contribution >= 4 is 40.7 Å². The summed E-state index contributed by atoms with van der Waals surface area (Å²) in [5, 5.41) is 13.4. The molecule has 2 aliphatic heterocycles. The third-order valence-corrected chi connectivity index (χ3v) is 9.08. The van der Waals surface area contributed by atoms with Crippen LogP contribution >= 0.6 is 0 Å². The number of esters is 1. The molecule has 1 saturated carbocycles. The summed E-state index contributed by atoms with van der Waals surface area (Å²) in [6, 6.07) is 31.0. The van der Waals surface area contributed by atoms with Crippen LogP contribution in [-0.4, -0.2) is 48.9 Å². The van der Waals surface area contributed by atoms with E-state index in [0.717, 1.165) is 89.8 Å². The van der Waals surface area contributed by atoms with Gasteiger partial charge >= 0.3 is 12.0 Å². The number of carbonyl (C=O) groups excluding carboxylic acids is 2. The molecule has 47 heavy (non-hydrogen) atoms. The number of aliphatic imine (C=N–C) groups is 1. The maximum absolute atomic E-state index is 14.8. The number of hydrazone groups is 1. The summed E-state index contributed by atoms with van der Waals surface area (Å²) < 4.78 is 5.10. The fourth-order valence-electron chi connectivity index (χ4n) is 6.76. The molecule has 1 aliphatic carbocycles. The number of rotatable bonds is 7. The van der Waals surface area contributed by atoms with Gasteiger partial charge in [-0.1, -0.05) is 79.9 Å². The Hall–Kier alpha value is -5.44. The van der Waals surface area contributed by atoms with Gasteiger partial charge in [-0.25, -0.2) is 14.6 Å². The molecule has 4 aromatic rings. The Morgan fingerprint density at radius 1 is 0.872 bits per heavy atom. The largest absolute Gasteiger partial charge is 0.465 e. The maximum atomic E-state index is 14.8. The second-order valence-corrected chi connectivity index (χ2v) is 12.0. The highest BCUT2D eigenvalue weighted by Gasteiger charge is 2.34. The third-order valence-electron chi connectivity index (χ3n) is 9.08. The summed E-state index contributed by atoms with van der Waals surface area (Å²) in [4.78, 5) is 33.7. The van der Waals surface area contributed by atoms with Crippen molar-refractivity contribution in [2.24, 2.45) is 16.0 Å². The Kier molecular flexibility index (Phi) is 8.68. The molecule has 238 valence electrons. The van der Waals surface area contributed by atoms with E-state index in [2.05, 4.69) is 21.7 Å². The van der Waals surface area contributed by atoms with Crippen molar-refractivity contribution in [3.05, 3.63) is 114 Å². The zero-order valence-corrected chi connectivity index (χ0v) is 26.5. The molecular weight excluding hydrogens is 588 g/mol. The lowest BCUT2D eigenvalue weighted by atomic mass is 9.83. The molecular formula is C38H38N6O3. The van der Waals surface area contributed by atoms with Crippen molar-refractivity contribution in [1.29, 1.82) is 0 Å². The van der Waals surface area contributed by atoms with Gasteiger partial charge in [-0.2, -0.15) is 5.10 Å². The molecule has 4 aromatic carbocycles. The van der Waals surface area contributed by atoms with E-state index < -0.39 is 5.97 Å². The average molecular weight is 627 g/mol. The van der Waals surface area contributed by atoms with Crippen LogP contribution in [0.4, 0.5) is 21.9 Å². The molecule has 2 amide bonds. The summed E-state index contributed by atoms with van der Waals surface area (Å²) in [5.74, 6) is 0.592. The first-order valence-corrected chi connectivity index (χ1v) is 16.3. The van der Waals surface area contributed by atoms with Gasteiger partial charge in [0.05, 0.1) is 42.8 Å². The number of para-hydroxylation sites is 1. The van der Waals surface area contributed by atoms with Crippen molar-refractivity contribution in [2.75, 3.05) is 30.4 Å². The molecule has 7 rings (SSSR count). The molecule has 1 fully saturated rings. The van der Waals surface area contributed by atoms with E-state index in [9.17, 15) is 9.59 Å². The normalized spacial score (nSPS) is 16.5. The predicted molar refractivity (Wildman–Crippen MR) is 186 cm³/mol. The number of guanidine groups is 1. The molecule has 9 nitrogen and oxygen atoms in total. The van der Waals surface area contributed by atoms with E-state index in [1.807, 2.05) is 84.9 Å². The summed E-state index contributed by atoms with van der Waals surface area (Å²) in [5.41, 5.74) is 7.31. The lowest BCUT2D eigenvalue weighted by Gasteiger charge is -2.27. The lowest BCUT2D eigenvalue weighted by Crippen LogP contribution is -2.37. The second kappa shape index (κ2) is 13.5.